The Morgan fingerprint density at radius 2 is 2.12 bits per heavy atom. The van der Waals surface area contributed by atoms with Gasteiger partial charge in [0.2, 0.25) is 0 Å². The summed E-state index contributed by atoms with van der Waals surface area (Å²) in [7, 11) is -1.99. The molecule has 0 saturated carbocycles. The lowest BCUT2D eigenvalue weighted by atomic mass is 10.2. The Kier molecular flexibility index (Phi) is 4.49. The summed E-state index contributed by atoms with van der Waals surface area (Å²) in [5, 5.41) is 3.17. The van der Waals surface area contributed by atoms with Crippen LogP contribution in [0.1, 0.15) is 5.56 Å². The van der Waals surface area contributed by atoms with Crippen LogP contribution in [-0.2, 0) is 8.87 Å². The van der Waals surface area contributed by atoms with E-state index in [0.29, 0.717) is 12.3 Å². The average molecular weight is 260 g/mol. The fourth-order valence-electron chi connectivity index (χ4n) is 1.26. The highest BCUT2D eigenvalue weighted by Gasteiger charge is 2.02. The highest BCUT2D eigenvalue weighted by atomic mass is 33.1. The van der Waals surface area contributed by atoms with Gasteiger partial charge in [0.05, 0.1) is 0 Å². The second kappa shape index (κ2) is 5.45. The summed E-state index contributed by atoms with van der Waals surface area (Å²) < 4.78 is 21.7. The first-order valence-electron chi connectivity index (χ1n) is 4.83. The molecule has 0 spiro atoms. The predicted octanol–water partition coefficient (Wildman–Crippen LogP) is 1.68. The van der Waals surface area contributed by atoms with Gasteiger partial charge in [0.15, 0.2) is 8.87 Å². The van der Waals surface area contributed by atoms with Crippen LogP contribution >= 0.6 is 10.8 Å². The van der Waals surface area contributed by atoms with E-state index in [9.17, 15) is 8.42 Å². The van der Waals surface area contributed by atoms with Gasteiger partial charge in [-0.3, -0.25) is 0 Å². The zero-order chi connectivity index (χ0) is 12.2. The SMILES string of the molecule is Cc1cc(N)ccc1NCCSS(C)(=O)=O. The van der Waals surface area contributed by atoms with Crippen LogP contribution < -0.4 is 11.1 Å². The maximum absolute atomic E-state index is 10.9. The summed E-state index contributed by atoms with van der Waals surface area (Å²) in [6, 6.07) is 5.60. The molecule has 0 radical (unpaired) electrons. The van der Waals surface area contributed by atoms with Crippen molar-refractivity contribution in [3.63, 3.8) is 0 Å². The van der Waals surface area contributed by atoms with E-state index in [-0.39, 0.29) is 0 Å². The van der Waals surface area contributed by atoms with Crippen LogP contribution in [-0.4, -0.2) is 27.0 Å². The van der Waals surface area contributed by atoms with Gasteiger partial charge in [0.25, 0.3) is 0 Å². The fourth-order valence-corrected chi connectivity index (χ4v) is 2.91. The molecule has 0 atom stereocenters. The number of benzene rings is 1. The zero-order valence-electron chi connectivity index (χ0n) is 9.36. The van der Waals surface area contributed by atoms with Gasteiger partial charge in [-0.05, 0) is 41.5 Å². The standard InChI is InChI=1S/C10H16N2O2S2/c1-8-7-9(11)3-4-10(8)12-5-6-15-16(2,13)14/h3-4,7,12H,5-6,11H2,1-2H3. The van der Waals surface area contributed by atoms with Crippen LogP contribution in [0.2, 0.25) is 0 Å². The lowest BCUT2D eigenvalue weighted by Crippen LogP contribution is -2.07. The summed E-state index contributed by atoms with van der Waals surface area (Å²) >= 11 is 0. The molecule has 0 aliphatic heterocycles. The number of aryl methyl sites for hydroxylation is 1. The van der Waals surface area contributed by atoms with Gasteiger partial charge in [-0.25, -0.2) is 8.42 Å². The van der Waals surface area contributed by atoms with E-state index >= 15 is 0 Å². The van der Waals surface area contributed by atoms with E-state index in [2.05, 4.69) is 5.32 Å². The van der Waals surface area contributed by atoms with Gasteiger partial charge < -0.3 is 11.1 Å². The third-order valence-electron chi connectivity index (χ3n) is 1.97. The molecule has 0 aliphatic carbocycles. The second-order valence-electron chi connectivity index (χ2n) is 3.53. The van der Waals surface area contributed by atoms with E-state index in [4.69, 9.17) is 5.73 Å². The lowest BCUT2D eigenvalue weighted by Gasteiger charge is -2.09. The van der Waals surface area contributed by atoms with Gasteiger partial charge in [-0.2, -0.15) is 0 Å². The van der Waals surface area contributed by atoms with E-state index in [1.54, 1.807) is 0 Å². The Balaban J connectivity index is 2.43. The molecule has 6 heteroatoms. The molecule has 16 heavy (non-hydrogen) atoms. The largest absolute Gasteiger partial charge is 0.399 e. The van der Waals surface area contributed by atoms with Gasteiger partial charge >= 0.3 is 0 Å². The molecule has 0 saturated heterocycles. The minimum Gasteiger partial charge on any atom is -0.399 e. The quantitative estimate of drug-likeness (QED) is 0.479. The molecule has 0 aliphatic rings. The van der Waals surface area contributed by atoms with Crippen molar-refractivity contribution in [2.24, 2.45) is 0 Å². The Hall–Kier alpha value is -0.880. The molecule has 1 aromatic rings. The van der Waals surface area contributed by atoms with Gasteiger partial charge in [-0.15, -0.1) is 0 Å². The maximum Gasteiger partial charge on any atom is 0.198 e. The van der Waals surface area contributed by atoms with E-state index in [1.165, 1.54) is 6.26 Å². The van der Waals surface area contributed by atoms with Crippen LogP contribution in [0.3, 0.4) is 0 Å². The van der Waals surface area contributed by atoms with Crippen molar-refractivity contribution in [1.82, 2.24) is 0 Å². The molecule has 0 amide bonds. The molecule has 3 N–H and O–H groups in total. The van der Waals surface area contributed by atoms with Crippen LogP contribution in [0, 0.1) is 6.92 Å². The summed E-state index contributed by atoms with van der Waals surface area (Å²) in [4.78, 5) is 0. The van der Waals surface area contributed by atoms with Gasteiger partial charge in [-0.1, -0.05) is 0 Å². The molecule has 1 rings (SSSR count). The number of hydrogen-bond donors (Lipinski definition) is 2. The van der Waals surface area contributed by atoms with Crippen molar-refractivity contribution >= 4 is 31.0 Å². The molecule has 0 aromatic heterocycles. The topological polar surface area (TPSA) is 72.2 Å². The molecule has 4 nitrogen and oxygen atoms in total. The molecule has 0 unspecified atom stereocenters. The van der Waals surface area contributed by atoms with Crippen molar-refractivity contribution in [3.8, 4) is 0 Å². The summed E-state index contributed by atoms with van der Waals surface area (Å²) in [6.45, 7) is 2.57. The molecule has 1 aromatic carbocycles. The summed E-state index contributed by atoms with van der Waals surface area (Å²) in [5.74, 6) is 0.530. The number of nitrogen functional groups attached to an aromatic ring is 1. The van der Waals surface area contributed by atoms with Crippen LogP contribution in [0.5, 0.6) is 0 Å². The van der Waals surface area contributed by atoms with Crippen LogP contribution in [0.15, 0.2) is 18.2 Å². The van der Waals surface area contributed by atoms with E-state index in [0.717, 1.165) is 27.7 Å². The minimum atomic E-state index is -2.94. The van der Waals surface area contributed by atoms with Crippen molar-refractivity contribution in [3.05, 3.63) is 23.8 Å². The summed E-state index contributed by atoms with van der Waals surface area (Å²) in [5.41, 5.74) is 8.41. The van der Waals surface area contributed by atoms with E-state index in [1.807, 2.05) is 25.1 Å². The Labute approximate surface area is 99.9 Å². The molecule has 90 valence electrons. The number of nitrogens with one attached hydrogen (secondary N) is 1. The van der Waals surface area contributed by atoms with Crippen LogP contribution in [0.25, 0.3) is 0 Å². The van der Waals surface area contributed by atoms with Crippen molar-refractivity contribution in [2.45, 2.75) is 6.92 Å². The Bertz CT molecular complexity index is 458. The van der Waals surface area contributed by atoms with Crippen molar-refractivity contribution in [2.75, 3.05) is 29.6 Å². The lowest BCUT2D eigenvalue weighted by molar-refractivity contribution is 0.615. The van der Waals surface area contributed by atoms with Gasteiger partial charge in [0.1, 0.15) is 0 Å². The molecule has 0 fully saturated rings. The predicted molar refractivity (Wildman–Crippen MR) is 71.4 cm³/mol. The highest BCUT2D eigenvalue weighted by Crippen LogP contribution is 2.18. The van der Waals surface area contributed by atoms with Gasteiger partial charge in [0, 0.05) is 29.9 Å². The third kappa shape index (κ3) is 4.76. The molecular weight excluding hydrogens is 244 g/mol. The number of hydrogen-bond acceptors (Lipinski definition) is 5. The highest BCUT2D eigenvalue weighted by molar-refractivity contribution is 8.71. The number of anilines is 2. The summed E-state index contributed by atoms with van der Waals surface area (Å²) in [6.07, 6.45) is 1.21. The molecule has 0 heterocycles. The van der Waals surface area contributed by atoms with Crippen LogP contribution in [0.4, 0.5) is 11.4 Å². The first-order chi connectivity index (χ1) is 7.38. The third-order valence-corrected chi connectivity index (χ3v) is 4.55. The number of rotatable bonds is 5. The fraction of sp³-hybridized carbons (Fsp3) is 0.400. The first-order valence-corrected chi connectivity index (χ1v) is 8.22. The van der Waals surface area contributed by atoms with E-state index < -0.39 is 8.87 Å². The molecule has 0 bridgehead atoms. The van der Waals surface area contributed by atoms with Crippen molar-refractivity contribution < 1.29 is 8.42 Å². The average Bonchev–Trinajstić information content (AvgIpc) is 2.13. The monoisotopic (exact) mass is 260 g/mol. The Morgan fingerprint density at radius 1 is 1.44 bits per heavy atom. The normalized spacial score (nSPS) is 11.4. The molecular formula is C10H16N2O2S2. The number of nitrogens with two attached hydrogens (primary N) is 1. The second-order valence-corrected chi connectivity index (χ2v) is 8.10. The van der Waals surface area contributed by atoms with Crippen molar-refractivity contribution in [1.29, 1.82) is 0 Å². The zero-order valence-corrected chi connectivity index (χ0v) is 11.0. The first kappa shape index (κ1) is 13.2. The minimum absolute atomic E-state index is 0.530. The smallest absolute Gasteiger partial charge is 0.198 e. The Morgan fingerprint density at radius 3 is 2.69 bits per heavy atom. The maximum atomic E-state index is 10.9.